The number of hydrogen-bond acceptors (Lipinski definition) is 5. The Bertz CT molecular complexity index is 592. The maximum atomic E-state index is 10.8. The SMILES string of the molecule is NS(=O)(=O)CCCNCc1cc(Cl)c2c(c1)OCCCO2. The van der Waals surface area contributed by atoms with E-state index in [-0.39, 0.29) is 5.75 Å². The van der Waals surface area contributed by atoms with Gasteiger partial charge in [0.1, 0.15) is 0 Å². The lowest BCUT2D eigenvalue weighted by Crippen LogP contribution is -2.22. The highest BCUT2D eigenvalue weighted by Gasteiger charge is 2.15. The zero-order valence-corrected chi connectivity index (χ0v) is 13.2. The summed E-state index contributed by atoms with van der Waals surface area (Å²) in [6.45, 7) is 2.33. The summed E-state index contributed by atoms with van der Waals surface area (Å²) in [5, 5.41) is 8.61. The molecule has 6 nitrogen and oxygen atoms in total. The van der Waals surface area contributed by atoms with Crippen LogP contribution < -0.4 is 19.9 Å². The Labute approximate surface area is 129 Å². The van der Waals surface area contributed by atoms with Gasteiger partial charge in [-0.05, 0) is 30.7 Å². The van der Waals surface area contributed by atoms with Gasteiger partial charge in [-0.25, -0.2) is 13.6 Å². The van der Waals surface area contributed by atoms with E-state index in [2.05, 4.69) is 5.32 Å². The van der Waals surface area contributed by atoms with Gasteiger partial charge in [0.25, 0.3) is 0 Å². The molecule has 118 valence electrons. The minimum atomic E-state index is -3.39. The molecule has 2 rings (SSSR count). The molecule has 8 heteroatoms. The van der Waals surface area contributed by atoms with Crippen molar-refractivity contribution in [3.8, 4) is 11.5 Å². The fourth-order valence-corrected chi connectivity index (χ4v) is 2.85. The molecule has 0 radical (unpaired) electrons. The van der Waals surface area contributed by atoms with E-state index in [0.717, 1.165) is 12.0 Å². The molecule has 0 aromatic heterocycles. The largest absolute Gasteiger partial charge is 0.489 e. The van der Waals surface area contributed by atoms with Gasteiger partial charge in [-0.15, -0.1) is 0 Å². The standard InChI is InChI=1S/C13H19ClN2O4S/c14-11-7-10(9-16-3-1-6-21(15,17)18)8-12-13(11)20-5-2-4-19-12/h7-8,16H,1-6,9H2,(H2,15,17,18). The van der Waals surface area contributed by atoms with Crippen LogP contribution in [-0.2, 0) is 16.6 Å². The second kappa shape index (κ2) is 7.31. The summed E-state index contributed by atoms with van der Waals surface area (Å²) >= 11 is 6.19. The van der Waals surface area contributed by atoms with Crippen molar-refractivity contribution in [3.05, 3.63) is 22.7 Å². The molecule has 1 aliphatic heterocycles. The molecule has 0 aliphatic carbocycles. The predicted octanol–water partition coefficient (Wildman–Crippen LogP) is 1.27. The molecule has 1 aromatic carbocycles. The van der Waals surface area contributed by atoms with Gasteiger partial charge in [0.15, 0.2) is 11.5 Å². The molecule has 1 aliphatic rings. The maximum absolute atomic E-state index is 10.8. The summed E-state index contributed by atoms with van der Waals surface area (Å²) in [7, 11) is -3.39. The monoisotopic (exact) mass is 334 g/mol. The van der Waals surface area contributed by atoms with Crippen molar-refractivity contribution in [2.75, 3.05) is 25.5 Å². The minimum absolute atomic E-state index is 0.0259. The zero-order chi connectivity index (χ0) is 15.3. The fourth-order valence-electron chi connectivity index (χ4n) is 2.02. The molecular formula is C13H19ClN2O4S. The molecule has 21 heavy (non-hydrogen) atoms. The molecule has 0 fully saturated rings. The number of nitrogens with one attached hydrogen (secondary N) is 1. The first kappa shape index (κ1) is 16.4. The van der Waals surface area contributed by atoms with Gasteiger partial charge in [-0.1, -0.05) is 11.6 Å². The number of sulfonamides is 1. The van der Waals surface area contributed by atoms with E-state index in [9.17, 15) is 8.42 Å². The average molecular weight is 335 g/mol. The number of benzene rings is 1. The van der Waals surface area contributed by atoms with Crippen LogP contribution in [0.3, 0.4) is 0 Å². The Balaban J connectivity index is 1.89. The van der Waals surface area contributed by atoms with Crippen LogP contribution in [0.25, 0.3) is 0 Å². The molecule has 0 amide bonds. The van der Waals surface area contributed by atoms with E-state index in [4.69, 9.17) is 26.2 Å². The van der Waals surface area contributed by atoms with E-state index < -0.39 is 10.0 Å². The number of primary sulfonamides is 1. The van der Waals surface area contributed by atoms with Gasteiger partial charge in [-0.2, -0.15) is 0 Å². The van der Waals surface area contributed by atoms with Crippen molar-refractivity contribution < 1.29 is 17.9 Å². The van der Waals surface area contributed by atoms with Gasteiger partial charge in [0.05, 0.1) is 24.0 Å². The predicted molar refractivity (Wildman–Crippen MR) is 81.4 cm³/mol. The van der Waals surface area contributed by atoms with Gasteiger partial charge in [0, 0.05) is 13.0 Å². The average Bonchev–Trinajstić information content (AvgIpc) is 2.62. The third kappa shape index (κ3) is 5.35. The van der Waals surface area contributed by atoms with Crippen LogP contribution in [-0.4, -0.2) is 33.9 Å². The number of nitrogens with two attached hydrogens (primary N) is 1. The summed E-state index contributed by atoms with van der Waals surface area (Å²) in [6.07, 6.45) is 1.29. The number of rotatable bonds is 6. The van der Waals surface area contributed by atoms with Crippen molar-refractivity contribution in [3.63, 3.8) is 0 Å². The Morgan fingerprint density at radius 1 is 1.29 bits per heavy atom. The number of fused-ring (bicyclic) bond motifs is 1. The van der Waals surface area contributed by atoms with Crippen molar-refractivity contribution in [2.45, 2.75) is 19.4 Å². The quantitative estimate of drug-likeness (QED) is 0.764. The molecule has 3 N–H and O–H groups in total. The normalized spacial score (nSPS) is 14.8. The summed E-state index contributed by atoms with van der Waals surface area (Å²) < 4.78 is 32.8. The summed E-state index contributed by atoms with van der Waals surface area (Å²) in [5.41, 5.74) is 0.958. The Kier molecular flexibility index (Phi) is 5.69. The van der Waals surface area contributed by atoms with Gasteiger partial charge in [-0.3, -0.25) is 0 Å². The number of ether oxygens (including phenoxy) is 2. The van der Waals surface area contributed by atoms with E-state index in [0.29, 0.717) is 49.2 Å². The maximum Gasteiger partial charge on any atom is 0.209 e. The van der Waals surface area contributed by atoms with Crippen molar-refractivity contribution in [1.82, 2.24) is 5.32 Å². The molecule has 1 aromatic rings. The lowest BCUT2D eigenvalue weighted by molar-refractivity contribution is 0.297. The minimum Gasteiger partial charge on any atom is -0.489 e. The third-order valence-corrected chi connectivity index (χ3v) is 4.11. The van der Waals surface area contributed by atoms with Crippen LogP contribution >= 0.6 is 11.6 Å². The van der Waals surface area contributed by atoms with Crippen LogP contribution in [0.5, 0.6) is 11.5 Å². The van der Waals surface area contributed by atoms with Crippen molar-refractivity contribution in [2.24, 2.45) is 5.14 Å². The zero-order valence-electron chi connectivity index (χ0n) is 11.6. The van der Waals surface area contributed by atoms with E-state index in [1.54, 1.807) is 0 Å². The summed E-state index contributed by atoms with van der Waals surface area (Å²) in [4.78, 5) is 0. The van der Waals surface area contributed by atoms with E-state index in [1.807, 2.05) is 12.1 Å². The highest BCUT2D eigenvalue weighted by Crippen LogP contribution is 2.37. The lowest BCUT2D eigenvalue weighted by atomic mass is 10.2. The molecular weight excluding hydrogens is 316 g/mol. The Hall–Kier alpha value is -1.02. The lowest BCUT2D eigenvalue weighted by Gasteiger charge is -2.12. The van der Waals surface area contributed by atoms with Crippen LogP contribution in [0.4, 0.5) is 0 Å². The van der Waals surface area contributed by atoms with Gasteiger partial charge < -0.3 is 14.8 Å². The summed E-state index contributed by atoms with van der Waals surface area (Å²) in [5.74, 6) is 1.22. The molecule has 0 bridgehead atoms. The fraction of sp³-hybridized carbons (Fsp3) is 0.538. The third-order valence-electron chi connectivity index (χ3n) is 2.97. The first-order valence-corrected chi connectivity index (χ1v) is 8.84. The smallest absolute Gasteiger partial charge is 0.209 e. The van der Waals surface area contributed by atoms with Crippen LogP contribution in [0.15, 0.2) is 12.1 Å². The second-order valence-electron chi connectivity index (χ2n) is 4.85. The molecule has 0 atom stereocenters. The first-order valence-electron chi connectivity index (χ1n) is 6.75. The van der Waals surface area contributed by atoms with E-state index >= 15 is 0 Å². The topological polar surface area (TPSA) is 90.7 Å². The van der Waals surface area contributed by atoms with Crippen LogP contribution in [0.1, 0.15) is 18.4 Å². The summed E-state index contributed by atoms with van der Waals surface area (Å²) in [6, 6.07) is 3.71. The highest BCUT2D eigenvalue weighted by atomic mass is 35.5. The molecule has 0 saturated heterocycles. The Morgan fingerprint density at radius 2 is 2.05 bits per heavy atom. The van der Waals surface area contributed by atoms with Crippen LogP contribution in [0, 0.1) is 0 Å². The molecule has 0 saturated carbocycles. The Morgan fingerprint density at radius 3 is 2.81 bits per heavy atom. The van der Waals surface area contributed by atoms with Gasteiger partial charge >= 0.3 is 0 Å². The second-order valence-corrected chi connectivity index (χ2v) is 6.99. The van der Waals surface area contributed by atoms with Gasteiger partial charge in [0.2, 0.25) is 10.0 Å². The van der Waals surface area contributed by atoms with Crippen molar-refractivity contribution >= 4 is 21.6 Å². The molecule has 1 heterocycles. The highest BCUT2D eigenvalue weighted by molar-refractivity contribution is 7.89. The first-order chi connectivity index (χ1) is 9.96. The van der Waals surface area contributed by atoms with Crippen LogP contribution in [0.2, 0.25) is 5.02 Å². The molecule has 0 unspecified atom stereocenters. The van der Waals surface area contributed by atoms with E-state index in [1.165, 1.54) is 0 Å². The number of hydrogen-bond donors (Lipinski definition) is 2. The van der Waals surface area contributed by atoms with Crippen molar-refractivity contribution in [1.29, 1.82) is 0 Å². The molecule has 0 spiro atoms. The number of halogens is 1.